The van der Waals surface area contributed by atoms with Gasteiger partial charge in [-0.25, -0.2) is 9.59 Å². The van der Waals surface area contributed by atoms with E-state index in [4.69, 9.17) is 14.2 Å². The van der Waals surface area contributed by atoms with Crippen molar-refractivity contribution in [3.8, 4) is 34.5 Å². The van der Waals surface area contributed by atoms with Gasteiger partial charge in [0.15, 0.2) is 40.6 Å². The molecule has 0 spiro atoms. The van der Waals surface area contributed by atoms with Crippen LogP contribution in [0.15, 0.2) is 24.3 Å². The van der Waals surface area contributed by atoms with E-state index in [2.05, 4.69) is 0 Å². The normalized spacial score (nSPS) is 22.5. The fraction of sp³-hybridized carbons (Fsp3) is 0.300. The van der Waals surface area contributed by atoms with Gasteiger partial charge >= 0.3 is 11.9 Å². The third-order valence-electron chi connectivity index (χ3n) is 4.83. The van der Waals surface area contributed by atoms with Crippen LogP contribution in [0.1, 0.15) is 20.7 Å². The number of hydrogen-bond acceptors (Lipinski definition) is 13. The number of rotatable bonds is 5. The molecule has 13 heteroatoms. The van der Waals surface area contributed by atoms with Gasteiger partial charge in [-0.15, -0.1) is 0 Å². The first-order valence-corrected chi connectivity index (χ1v) is 9.35. The van der Waals surface area contributed by atoms with Gasteiger partial charge < -0.3 is 55.1 Å². The Balaban J connectivity index is 1.58. The van der Waals surface area contributed by atoms with Crippen LogP contribution in [-0.4, -0.2) is 90.4 Å². The highest BCUT2D eigenvalue weighted by atomic mass is 16.6. The molecule has 178 valence electrons. The molecule has 0 bridgehead atoms. The van der Waals surface area contributed by atoms with Crippen molar-refractivity contribution >= 4 is 11.9 Å². The zero-order valence-corrected chi connectivity index (χ0v) is 16.7. The number of carbonyl (C=O) groups is 2. The number of aliphatic hydroxyl groups excluding tert-OH is 2. The summed E-state index contributed by atoms with van der Waals surface area (Å²) in [7, 11) is 0. The van der Waals surface area contributed by atoms with E-state index in [1.54, 1.807) is 0 Å². The number of phenols is 6. The van der Waals surface area contributed by atoms with Crippen LogP contribution in [0.5, 0.6) is 34.5 Å². The second-order valence-corrected chi connectivity index (χ2v) is 7.12. The van der Waals surface area contributed by atoms with Gasteiger partial charge in [-0.1, -0.05) is 0 Å². The van der Waals surface area contributed by atoms with Crippen LogP contribution >= 0.6 is 0 Å². The summed E-state index contributed by atoms with van der Waals surface area (Å²) >= 11 is 0. The average molecular weight is 468 g/mol. The van der Waals surface area contributed by atoms with E-state index in [0.29, 0.717) is 0 Å². The predicted octanol–water partition coefficient (Wildman–Crippen LogP) is -0.577. The number of benzene rings is 2. The molecule has 2 aromatic rings. The van der Waals surface area contributed by atoms with Gasteiger partial charge in [-0.05, 0) is 24.3 Å². The van der Waals surface area contributed by atoms with E-state index in [0.717, 1.165) is 24.3 Å². The maximum absolute atomic E-state index is 12.2. The number of aromatic hydroxyl groups is 6. The molecule has 1 fully saturated rings. The maximum Gasteiger partial charge on any atom is 0.338 e. The lowest BCUT2D eigenvalue weighted by molar-refractivity contribution is -0.196. The van der Waals surface area contributed by atoms with Crippen LogP contribution < -0.4 is 0 Å². The molecule has 0 amide bonds. The molecule has 0 aromatic heterocycles. The minimum absolute atomic E-state index is 0.305. The number of ether oxygens (including phenoxy) is 3. The Kier molecular flexibility index (Phi) is 6.67. The highest BCUT2D eigenvalue weighted by Crippen LogP contribution is 2.36. The van der Waals surface area contributed by atoms with E-state index in [-0.39, 0.29) is 11.1 Å². The van der Waals surface area contributed by atoms with Crippen molar-refractivity contribution in [2.24, 2.45) is 0 Å². The summed E-state index contributed by atoms with van der Waals surface area (Å²) in [5, 5.41) is 77.0. The fourth-order valence-corrected chi connectivity index (χ4v) is 3.00. The molecule has 0 radical (unpaired) electrons. The average Bonchev–Trinajstić information content (AvgIpc) is 2.77. The maximum atomic E-state index is 12.2. The molecular weight excluding hydrogens is 448 g/mol. The number of carbonyl (C=O) groups excluding carboxylic acids is 2. The van der Waals surface area contributed by atoms with Crippen molar-refractivity contribution in [2.45, 2.75) is 24.4 Å². The Morgan fingerprint density at radius 1 is 0.788 bits per heavy atom. The first-order valence-electron chi connectivity index (χ1n) is 9.35. The summed E-state index contributed by atoms with van der Waals surface area (Å²) in [5.74, 6) is -6.86. The standard InChI is InChI=1S/C20H20O13/c21-9-1-7(2-10(22)15(9)25)19(29)32-5-13-17(27)18(28)14(6-31-13)33-20(30)8-3-11(23)16(26)12(24)4-8/h1-4,13-14,17-18,21-28H,5-6H2/t13-,14+,17-,18-/m1/s1. The molecule has 3 rings (SSSR count). The molecule has 4 atom stereocenters. The van der Waals surface area contributed by atoms with Crippen molar-refractivity contribution in [3.05, 3.63) is 35.4 Å². The van der Waals surface area contributed by atoms with Gasteiger partial charge in [0.1, 0.15) is 24.9 Å². The van der Waals surface area contributed by atoms with E-state index in [1.165, 1.54) is 0 Å². The summed E-state index contributed by atoms with van der Waals surface area (Å²) < 4.78 is 15.2. The molecule has 1 heterocycles. The SMILES string of the molecule is O=C(OC[C@H]1OC[C@H](OC(=O)c2cc(O)c(O)c(O)c2)[C@@H](O)[C@@H]1O)c1cc(O)c(O)c(O)c1. The van der Waals surface area contributed by atoms with E-state index >= 15 is 0 Å². The summed E-state index contributed by atoms with van der Waals surface area (Å²) in [6.07, 6.45) is -5.90. The minimum atomic E-state index is -1.66. The van der Waals surface area contributed by atoms with Crippen LogP contribution in [0, 0.1) is 0 Å². The number of aliphatic hydroxyl groups is 2. The van der Waals surface area contributed by atoms with Gasteiger partial charge in [0.05, 0.1) is 17.7 Å². The van der Waals surface area contributed by atoms with Crippen molar-refractivity contribution in [1.29, 1.82) is 0 Å². The summed E-state index contributed by atoms with van der Waals surface area (Å²) in [4.78, 5) is 24.3. The molecule has 0 aliphatic carbocycles. The van der Waals surface area contributed by atoms with Gasteiger partial charge in [-0.2, -0.15) is 0 Å². The van der Waals surface area contributed by atoms with E-state index < -0.39 is 84.1 Å². The Hall–Kier alpha value is -3.94. The largest absolute Gasteiger partial charge is 0.504 e. The van der Waals surface area contributed by atoms with Crippen molar-refractivity contribution in [2.75, 3.05) is 13.2 Å². The first kappa shape index (κ1) is 23.7. The third-order valence-corrected chi connectivity index (χ3v) is 4.83. The third kappa shape index (κ3) is 4.95. The molecule has 0 saturated carbocycles. The van der Waals surface area contributed by atoms with E-state index in [1.807, 2.05) is 0 Å². The second kappa shape index (κ2) is 9.28. The van der Waals surface area contributed by atoms with Gasteiger partial charge in [0, 0.05) is 0 Å². The molecule has 1 aliphatic rings. The van der Waals surface area contributed by atoms with Gasteiger partial charge in [0.2, 0.25) is 0 Å². The van der Waals surface area contributed by atoms with Gasteiger partial charge in [0.25, 0.3) is 0 Å². The van der Waals surface area contributed by atoms with Crippen molar-refractivity contribution < 1.29 is 64.7 Å². The monoisotopic (exact) mass is 468 g/mol. The lowest BCUT2D eigenvalue weighted by Crippen LogP contribution is -2.55. The molecular formula is C20H20O13. The van der Waals surface area contributed by atoms with Crippen LogP contribution in [0.2, 0.25) is 0 Å². The summed E-state index contributed by atoms with van der Waals surface area (Å²) in [6.45, 7) is -0.969. The second-order valence-electron chi connectivity index (χ2n) is 7.12. The first-order chi connectivity index (χ1) is 15.5. The molecule has 1 saturated heterocycles. The van der Waals surface area contributed by atoms with Crippen LogP contribution in [0.3, 0.4) is 0 Å². The smallest absolute Gasteiger partial charge is 0.338 e. The quantitative estimate of drug-likeness (QED) is 0.203. The Morgan fingerprint density at radius 2 is 1.24 bits per heavy atom. The summed E-state index contributed by atoms with van der Waals surface area (Å²) in [6, 6.07) is 3.34. The lowest BCUT2D eigenvalue weighted by atomic mass is 10.0. The van der Waals surface area contributed by atoms with Gasteiger partial charge in [-0.3, -0.25) is 0 Å². The van der Waals surface area contributed by atoms with Crippen LogP contribution in [0.25, 0.3) is 0 Å². The number of esters is 2. The molecule has 2 aromatic carbocycles. The van der Waals surface area contributed by atoms with Crippen LogP contribution in [0.4, 0.5) is 0 Å². The number of phenolic OH excluding ortho intramolecular Hbond substituents is 6. The van der Waals surface area contributed by atoms with Crippen molar-refractivity contribution in [1.82, 2.24) is 0 Å². The van der Waals surface area contributed by atoms with E-state index in [9.17, 15) is 50.4 Å². The minimum Gasteiger partial charge on any atom is -0.504 e. The molecule has 0 unspecified atom stereocenters. The molecule has 33 heavy (non-hydrogen) atoms. The molecule has 1 aliphatic heterocycles. The highest BCUT2D eigenvalue weighted by Gasteiger charge is 2.41. The topological polar surface area (TPSA) is 224 Å². The highest BCUT2D eigenvalue weighted by molar-refractivity contribution is 5.91. The fourth-order valence-electron chi connectivity index (χ4n) is 3.00. The zero-order valence-electron chi connectivity index (χ0n) is 16.7. The molecule has 13 nitrogen and oxygen atoms in total. The molecule has 8 N–H and O–H groups in total. The summed E-state index contributed by atoms with van der Waals surface area (Å²) in [5.41, 5.74) is -0.651. The van der Waals surface area contributed by atoms with Crippen LogP contribution in [-0.2, 0) is 14.2 Å². The van der Waals surface area contributed by atoms with Crippen molar-refractivity contribution in [3.63, 3.8) is 0 Å². The predicted molar refractivity (Wildman–Crippen MR) is 104 cm³/mol. The Morgan fingerprint density at radius 3 is 1.73 bits per heavy atom. The Labute approximate surface area is 184 Å². The lowest BCUT2D eigenvalue weighted by Gasteiger charge is -2.36. The Bertz CT molecular complexity index is 1020. The zero-order chi connectivity index (χ0) is 24.4. The number of hydrogen-bond donors (Lipinski definition) is 8.